The van der Waals surface area contributed by atoms with Gasteiger partial charge in [-0.3, -0.25) is 4.79 Å². The standard InChI is InChI=1S/C11H18O/c1-11(2,3)10-6-4-9(8-12)5-7-10/h4,8,10H,5-7H2,1-3H3. The van der Waals surface area contributed by atoms with Gasteiger partial charge < -0.3 is 0 Å². The van der Waals surface area contributed by atoms with Crippen LogP contribution in [0.4, 0.5) is 0 Å². The fourth-order valence-electron chi connectivity index (χ4n) is 1.75. The highest BCUT2D eigenvalue weighted by Gasteiger charge is 2.25. The summed E-state index contributed by atoms with van der Waals surface area (Å²) in [6.07, 6.45) is 6.34. The maximum Gasteiger partial charge on any atom is 0.145 e. The van der Waals surface area contributed by atoms with Crippen molar-refractivity contribution in [1.29, 1.82) is 0 Å². The Labute approximate surface area is 74.9 Å². The third-order valence-corrected chi connectivity index (χ3v) is 2.82. The number of hydrogen-bond acceptors (Lipinski definition) is 1. The molecule has 1 aliphatic rings. The Morgan fingerprint density at radius 2 is 2.17 bits per heavy atom. The largest absolute Gasteiger partial charge is 0.298 e. The van der Waals surface area contributed by atoms with Crippen LogP contribution in [0, 0.1) is 11.3 Å². The van der Waals surface area contributed by atoms with Gasteiger partial charge in [0.05, 0.1) is 0 Å². The quantitative estimate of drug-likeness (QED) is 0.547. The Hall–Kier alpha value is -0.590. The SMILES string of the molecule is CC(C)(C)C1CC=C(C=O)CC1. The zero-order valence-corrected chi connectivity index (χ0v) is 8.26. The number of rotatable bonds is 1. The van der Waals surface area contributed by atoms with Crippen molar-refractivity contribution < 1.29 is 4.79 Å². The van der Waals surface area contributed by atoms with Crippen LogP contribution in [0.1, 0.15) is 40.0 Å². The Bertz CT molecular complexity index is 196. The van der Waals surface area contributed by atoms with Gasteiger partial charge in [0.1, 0.15) is 6.29 Å². The van der Waals surface area contributed by atoms with Crippen LogP contribution in [0.3, 0.4) is 0 Å². The molecule has 68 valence electrons. The van der Waals surface area contributed by atoms with Crippen LogP contribution >= 0.6 is 0 Å². The number of hydrogen-bond donors (Lipinski definition) is 0. The van der Waals surface area contributed by atoms with Crippen molar-refractivity contribution in [2.24, 2.45) is 11.3 Å². The van der Waals surface area contributed by atoms with E-state index in [1.54, 1.807) is 0 Å². The number of aldehydes is 1. The van der Waals surface area contributed by atoms with Gasteiger partial charge in [0.25, 0.3) is 0 Å². The molecule has 0 aliphatic heterocycles. The Morgan fingerprint density at radius 1 is 1.50 bits per heavy atom. The van der Waals surface area contributed by atoms with Crippen molar-refractivity contribution in [3.8, 4) is 0 Å². The van der Waals surface area contributed by atoms with Crippen molar-refractivity contribution in [1.82, 2.24) is 0 Å². The highest BCUT2D eigenvalue weighted by molar-refractivity contribution is 5.73. The van der Waals surface area contributed by atoms with E-state index in [-0.39, 0.29) is 0 Å². The van der Waals surface area contributed by atoms with Crippen molar-refractivity contribution in [3.63, 3.8) is 0 Å². The lowest BCUT2D eigenvalue weighted by Crippen LogP contribution is -2.22. The summed E-state index contributed by atoms with van der Waals surface area (Å²) in [6, 6.07) is 0. The monoisotopic (exact) mass is 166 g/mol. The van der Waals surface area contributed by atoms with Crippen LogP contribution in [-0.2, 0) is 4.79 Å². The first-order valence-corrected chi connectivity index (χ1v) is 4.68. The van der Waals surface area contributed by atoms with E-state index in [9.17, 15) is 4.79 Å². The van der Waals surface area contributed by atoms with Crippen molar-refractivity contribution in [2.45, 2.75) is 40.0 Å². The normalized spacial score (nSPS) is 24.9. The highest BCUT2D eigenvalue weighted by atomic mass is 16.1. The fraction of sp³-hybridized carbons (Fsp3) is 0.727. The molecule has 1 unspecified atom stereocenters. The smallest absolute Gasteiger partial charge is 0.145 e. The Morgan fingerprint density at radius 3 is 2.50 bits per heavy atom. The topological polar surface area (TPSA) is 17.1 Å². The number of carbonyl (C=O) groups excluding carboxylic acids is 1. The predicted molar refractivity (Wildman–Crippen MR) is 50.9 cm³/mol. The molecule has 0 saturated carbocycles. The van der Waals surface area contributed by atoms with Crippen molar-refractivity contribution >= 4 is 6.29 Å². The van der Waals surface area contributed by atoms with Gasteiger partial charge in [-0.05, 0) is 36.2 Å². The van der Waals surface area contributed by atoms with Gasteiger partial charge in [-0.25, -0.2) is 0 Å². The number of allylic oxidation sites excluding steroid dienone is 2. The first-order chi connectivity index (χ1) is 5.54. The predicted octanol–water partition coefficient (Wildman–Crippen LogP) is 2.96. The lowest BCUT2D eigenvalue weighted by molar-refractivity contribution is -0.105. The minimum atomic E-state index is 0.394. The minimum absolute atomic E-state index is 0.394. The molecule has 0 saturated heterocycles. The molecule has 0 aromatic carbocycles. The molecule has 0 heterocycles. The van der Waals surface area contributed by atoms with Crippen LogP contribution in [0.2, 0.25) is 0 Å². The summed E-state index contributed by atoms with van der Waals surface area (Å²) in [7, 11) is 0. The molecule has 1 heteroatoms. The van der Waals surface area contributed by atoms with E-state index in [0.29, 0.717) is 5.41 Å². The third kappa shape index (κ3) is 2.20. The highest BCUT2D eigenvalue weighted by Crippen LogP contribution is 2.36. The average Bonchev–Trinajstić information content (AvgIpc) is 2.03. The van der Waals surface area contributed by atoms with E-state index in [0.717, 1.165) is 30.6 Å². The van der Waals surface area contributed by atoms with Crippen molar-refractivity contribution in [3.05, 3.63) is 11.6 Å². The summed E-state index contributed by atoms with van der Waals surface area (Å²) in [4.78, 5) is 10.4. The fourth-order valence-corrected chi connectivity index (χ4v) is 1.75. The second kappa shape index (κ2) is 3.42. The summed E-state index contributed by atoms with van der Waals surface area (Å²) < 4.78 is 0. The van der Waals surface area contributed by atoms with Crippen molar-refractivity contribution in [2.75, 3.05) is 0 Å². The molecule has 1 nitrogen and oxygen atoms in total. The molecule has 12 heavy (non-hydrogen) atoms. The maximum absolute atomic E-state index is 10.4. The third-order valence-electron chi connectivity index (χ3n) is 2.82. The Balaban J connectivity index is 2.57. The Kier molecular flexibility index (Phi) is 2.71. The van der Waals surface area contributed by atoms with E-state index in [1.165, 1.54) is 6.42 Å². The molecule has 0 radical (unpaired) electrons. The molecule has 1 aliphatic carbocycles. The van der Waals surface area contributed by atoms with Gasteiger partial charge in [0, 0.05) is 0 Å². The van der Waals surface area contributed by atoms with E-state index in [2.05, 4.69) is 26.8 Å². The second-order valence-corrected chi connectivity index (χ2v) is 4.73. The molecule has 1 atom stereocenters. The molecule has 0 amide bonds. The van der Waals surface area contributed by atoms with E-state index >= 15 is 0 Å². The van der Waals surface area contributed by atoms with Crippen LogP contribution in [0.15, 0.2) is 11.6 Å². The number of carbonyl (C=O) groups is 1. The molecule has 0 spiro atoms. The van der Waals surface area contributed by atoms with E-state index in [4.69, 9.17) is 0 Å². The first kappa shape index (κ1) is 9.50. The second-order valence-electron chi connectivity index (χ2n) is 4.73. The van der Waals surface area contributed by atoms with Gasteiger partial charge in [-0.1, -0.05) is 26.8 Å². The van der Waals surface area contributed by atoms with E-state index in [1.807, 2.05) is 0 Å². The first-order valence-electron chi connectivity index (χ1n) is 4.68. The van der Waals surface area contributed by atoms with Gasteiger partial charge in [-0.15, -0.1) is 0 Å². The van der Waals surface area contributed by atoms with E-state index < -0.39 is 0 Å². The van der Waals surface area contributed by atoms with Gasteiger partial charge in [0.2, 0.25) is 0 Å². The van der Waals surface area contributed by atoms with Gasteiger partial charge in [-0.2, -0.15) is 0 Å². The maximum atomic E-state index is 10.4. The zero-order chi connectivity index (χ0) is 9.19. The summed E-state index contributed by atoms with van der Waals surface area (Å²) in [5.74, 6) is 0.751. The summed E-state index contributed by atoms with van der Waals surface area (Å²) >= 11 is 0. The molecule has 0 aromatic rings. The van der Waals surface area contributed by atoms with Crippen LogP contribution < -0.4 is 0 Å². The summed E-state index contributed by atoms with van der Waals surface area (Å²) in [5, 5.41) is 0. The average molecular weight is 166 g/mol. The lowest BCUT2D eigenvalue weighted by atomic mass is 9.73. The summed E-state index contributed by atoms with van der Waals surface area (Å²) in [6.45, 7) is 6.83. The van der Waals surface area contributed by atoms with Crippen LogP contribution in [0.25, 0.3) is 0 Å². The molecule has 0 bridgehead atoms. The van der Waals surface area contributed by atoms with Crippen LogP contribution in [-0.4, -0.2) is 6.29 Å². The molecular weight excluding hydrogens is 148 g/mol. The van der Waals surface area contributed by atoms with Gasteiger partial charge >= 0.3 is 0 Å². The lowest BCUT2D eigenvalue weighted by Gasteiger charge is -2.32. The zero-order valence-electron chi connectivity index (χ0n) is 8.26. The molecule has 0 fully saturated rings. The minimum Gasteiger partial charge on any atom is -0.298 e. The summed E-state index contributed by atoms with van der Waals surface area (Å²) in [5.41, 5.74) is 1.39. The molecule has 1 rings (SSSR count). The van der Waals surface area contributed by atoms with Gasteiger partial charge in [0.15, 0.2) is 0 Å². The molecule has 0 aromatic heterocycles. The van der Waals surface area contributed by atoms with Crippen LogP contribution in [0.5, 0.6) is 0 Å². The molecular formula is C11H18O. The molecule has 0 N–H and O–H groups in total.